The molecule has 146 valence electrons. The quantitative estimate of drug-likeness (QED) is 0.548. The van der Waals surface area contributed by atoms with Gasteiger partial charge in [-0.05, 0) is 54.3 Å². The average molecular weight is 438 g/mol. The Bertz CT molecular complexity index is 723. The van der Waals surface area contributed by atoms with Crippen LogP contribution in [-0.2, 0) is 4.74 Å². The van der Waals surface area contributed by atoms with E-state index < -0.39 is 12.2 Å². The molecule has 0 saturated heterocycles. The first-order valence-electron chi connectivity index (χ1n) is 8.71. The minimum atomic E-state index is -0.575. The lowest BCUT2D eigenvalue weighted by Gasteiger charge is -2.24. The zero-order valence-electron chi connectivity index (χ0n) is 15.1. The predicted octanol–water partition coefficient (Wildman–Crippen LogP) is 4.13. The van der Waals surface area contributed by atoms with E-state index in [-0.39, 0.29) is 25.7 Å². The summed E-state index contributed by atoms with van der Waals surface area (Å²) < 4.78 is 12.0. The van der Waals surface area contributed by atoms with Gasteiger partial charge in [-0.25, -0.2) is 4.79 Å². The predicted molar refractivity (Wildman–Crippen MR) is 107 cm³/mol. The van der Waals surface area contributed by atoms with Crippen LogP contribution in [-0.4, -0.2) is 36.1 Å². The number of ether oxygens (including phenoxy) is 2. The van der Waals surface area contributed by atoms with E-state index in [0.717, 1.165) is 10.0 Å². The summed E-state index contributed by atoms with van der Waals surface area (Å²) in [6, 6.07) is 14.4. The molecule has 27 heavy (non-hydrogen) atoms. The van der Waals surface area contributed by atoms with Crippen LogP contribution in [0.1, 0.15) is 25.0 Å². The summed E-state index contributed by atoms with van der Waals surface area (Å²) in [5, 5.41) is 20.9. The fourth-order valence-electron chi connectivity index (χ4n) is 2.61. The maximum atomic E-state index is 12.4. The van der Waals surface area contributed by atoms with E-state index >= 15 is 0 Å². The van der Waals surface area contributed by atoms with Crippen molar-refractivity contribution in [3.8, 4) is 5.75 Å². The molecule has 2 aromatic rings. The van der Waals surface area contributed by atoms with Crippen molar-refractivity contribution in [3.63, 3.8) is 0 Å². The van der Waals surface area contributed by atoms with Gasteiger partial charge in [0.05, 0.1) is 6.61 Å². The van der Waals surface area contributed by atoms with E-state index in [2.05, 4.69) is 21.2 Å². The Hall–Kier alpha value is -2.09. The van der Waals surface area contributed by atoms with Gasteiger partial charge >= 0.3 is 6.09 Å². The Labute approximate surface area is 167 Å². The van der Waals surface area contributed by atoms with Crippen molar-refractivity contribution >= 4 is 27.7 Å². The first-order valence-corrected chi connectivity index (χ1v) is 9.50. The topological polar surface area (TPSA) is 88.0 Å². The largest absolute Gasteiger partial charge is 0.491 e. The highest BCUT2D eigenvalue weighted by molar-refractivity contribution is 9.10. The summed E-state index contributed by atoms with van der Waals surface area (Å²) >= 11 is 3.35. The lowest BCUT2D eigenvalue weighted by atomic mass is 9.94. The number of nitrogens with one attached hydrogen (secondary N) is 1. The third-order valence-corrected chi connectivity index (χ3v) is 4.50. The van der Waals surface area contributed by atoms with Crippen molar-refractivity contribution in [2.24, 2.45) is 5.92 Å². The molecule has 0 saturated carbocycles. The van der Waals surface area contributed by atoms with Gasteiger partial charge in [0.1, 0.15) is 18.5 Å². The van der Waals surface area contributed by atoms with Gasteiger partial charge in [0, 0.05) is 16.8 Å². The molecule has 2 atom stereocenters. The van der Waals surface area contributed by atoms with Crippen LogP contribution in [0.15, 0.2) is 53.0 Å². The van der Waals surface area contributed by atoms with Crippen LogP contribution in [0.3, 0.4) is 0 Å². The summed E-state index contributed by atoms with van der Waals surface area (Å²) in [5.41, 5.74) is 1.38. The van der Waals surface area contributed by atoms with Crippen molar-refractivity contribution in [3.05, 3.63) is 58.6 Å². The second-order valence-electron chi connectivity index (χ2n) is 6.09. The smallest absolute Gasteiger partial charge is 0.412 e. The molecule has 6 nitrogen and oxygen atoms in total. The molecule has 0 heterocycles. The Morgan fingerprint density at radius 2 is 1.89 bits per heavy atom. The fraction of sp³-hybridized carbons (Fsp3) is 0.350. The Morgan fingerprint density at radius 3 is 2.56 bits per heavy atom. The second-order valence-corrected chi connectivity index (χ2v) is 7.01. The lowest BCUT2D eigenvalue weighted by Crippen LogP contribution is -2.22. The summed E-state index contributed by atoms with van der Waals surface area (Å²) in [6.07, 6.45) is -0.642. The molecule has 0 spiro atoms. The number of rotatable bonds is 9. The zero-order valence-corrected chi connectivity index (χ0v) is 16.7. The zero-order chi connectivity index (χ0) is 19.6. The standard InChI is InChI=1S/C20H24BrNO5/c1-14(9-10-23)19(15-3-2-4-18(13-15)26-12-11-24)27-20(25)22-17-7-5-16(21)6-8-17/h2-8,13-14,19,23-24H,9-12H2,1H3,(H,22,25)/t14-,19-/m1/s1. The van der Waals surface area contributed by atoms with Gasteiger partial charge in [-0.15, -0.1) is 0 Å². The van der Waals surface area contributed by atoms with Gasteiger partial charge in [-0.2, -0.15) is 0 Å². The number of hydrogen-bond donors (Lipinski definition) is 3. The molecule has 0 radical (unpaired) electrons. The van der Waals surface area contributed by atoms with E-state index in [1.54, 1.807) is 30.3 Å². The highest BCUT2D eigenvalue weighted by Crippen LogP contribution is 2.31. The summed E-state index contributed by atoms with van der Waals surface area (Å²) in [6.45, 7) is 2.01. The number of carbonyl (C=O) groups is 1. The number of benzene rings is 2. The van der Waals surface area contributed by atoms with E-state index in [0.29, 0.717) is 17.9 Å². The molecule has 0 aliphatic heterocycles. The van der Waals surface area contributed by atoms with E-state index in [1.165, 1.54) is 0 Å². The Morgan fingerprint density at radius 1 is 1.15 bits per heavy atom. The van der Waals surface area contributed by atoms with Gasteiger partial charge in [-0.3, -0.25) is 5.32 Å². The molecule has 3 N–H and O–H groups in total. The van der Waals surface area contributed by atoms with E-state index in [9.17, 15) is 9.90 Å². The van der Waals surface area contributed by atoms with Crippen molar-refractivity contribution < 1.29 is 24.5 Å². The van der Waals surface area contributed by atoms with Gasteiger partial charge in [-0.1, -0.05) is 35.0 Å². The maximum absolute atomic E-state index is 12.4. The van der Waals surface area contributed by atoms with Crippen LogP contribution < -0.4 is 10.1 Å². The van der Waals surface area contributed by atoms with Gasteiger partial charge in [0.25, 0.3) is 0 Å². The molecule has 7 heteroatoms. The summed E-state index contributed by atoms with van der Waals surface area (Å²) in [5.74, 6) is 0.485. The van der Waals surface area contributed by atoms with Crippen LogP contribution in [0.25, 0.3) is 0 Å². The molecular formula is C20H24BrNO5. The van der Waals surface area contributed by atoms with E-state index in [4.69, 9.17) is 14.6 Å². The monoisotopic (exact) mass is 437 g/mol. The fourth-order valence-corrected chi connectivity index (χ4v) is 2.87. The van der Waals surface area contributed by atoms with Crippen LogP contribution >= 0.6 is 15.9 Å². The molecular weight excluding hydrogens is 414 g/mol. The lowest BCUT2D eigenvalue weighted by molar-refractivity contribution is 0.0665. The van der Waals surface area contributed by atoms with Gasteiger partial charge in [0.15, 0.2) is 0 Å². The van der Waals surface area contributed by atoms with Gasteiger partial charge < -0.3 is 19.7 Å². The highest BCUT2D eigenvalue weighted by Gasteiger charge is 2.24. The number of aliphatic hydroxyl groups excluding tert-OH is 2. The summed E-state index contributed by atoms with van der Waals surface area (Å²) in [7, 11) is 0. The van der Waals surface area contributed by atoms with Crippen LogP contribution in [0.2, 0.25) is 0 Å². The van der Waals surface area contributed by atoms with Crippen molar-refractivity contribution in [2.75, 3.05) is 25.1 Å². The number of amides is 1. The van der Waals surface area contributed by atoms with Crippen LogP contribution in [0, 0.1) is 5.92 Å². The highest BCUT2D eigenvalue weighted by atomic mass is 79.9. The van der Waals surface area contributed by atoms with Crippen molar-refractivity contribution in [1.29, 1.82) is 0 Å². The van der Waals surface area contributed by atoms with Gasteiger partial charge in [0.2, 0.25) is 0 Å². The van der Waals surface area contributed by atoms with E-state index in [1.807, 2.05) is 25.1 Å². The Balaban J connectivity index is 2.13. The van der Waals surface area contributed by atoms with Crippen LogP contribution in [0.5, 0.6) is 5.75 Å². The van der Waals surface area contributed by atoms with Crippen molar-refractivity contribution in [2.45, 2.75) is 19.4 Å². The number of halogens is 1. The molecule has 0 aliphatic carbocycles. The molecule has 1 amide bonds. The average Bonchev–Trinajstić information content (AvgIpc) is 2.66. The summed E-state index contributed by atoms with van der Waals surface area (Å²) in [4.78, 5) is 12.4. The number of aliphatic hydroxyl groups is 2. The SMILES string of the molecule is C[C@H](CCO)[C@@H](OC(=O)Nc1ccc(Br)cc1)c1cccc(OCCO)c1. The molecule has 0 aromatic heterocycles. The Kier molecular flexibility index (Phi) is 8.57. The first-order chi connectivity index (χ1) is 13.0. The minimum absolute atomic E-state index is 0.00391. The molecule has 2 rings (SSSR count). The van der Waals surface area contributed by atoms with Crippen molar-refractivity contribution in [1.82, 2.24) is 0 Å². The molecule has 0 fully saturated rings. The molecule has 0 bridgehead atoms. The number of anilines is 1. The molecule has 0 aliphatic rings. The number of carbonyl (C=O) groups excluding carboxylic acids is 1. The third-order valence-electron chi connectivity index (χ3n) is 3.97. The number of hydrogen-bond acceptors (Lipinski definition) is 5. The third kappa shape index (κ3) is 6.86. The maximum Gasteiger partial charge on any atom is 0.412 e. The normalized spacial score (nSPS) is 12.9. The second kappa shape index (κ2) is 10.9. The minimum Gasteiger partial charge on any atom is -0.491 e. The first kappa shape index (κ1) is 21.2. The molecule has 0 unspecified atom stereocenters. The molecule has 2 aromatic carbocycles. The van der Waals surface area contributed by atoms with Crippen LogP contribution in [0.4, 0.5) is 10.5 Å².